The number of fused-ring (bicyclic) bond motifs is 1. The van der Waals surface area contributed by atoms with Gasteiger partial charge < -0.3 is 19.8 Å². The molecule has 0 aliphatic heterocycles. The van der Waals surface area contributed by atoms with E-state index >= 15 is 0 Å². The van der Waals surface area contributed by atoms with Gasteiger partial charge >= 0.3 is 0 Å². The van der Waals surface area contributed by atoms with Crippen molar-refractivity contribution in [1.29, 1.82) is 0 Å². The molecule has 0 spiro atoms. The highest BCUT2D eigenvalue weighted by Crippen LogP contribution is 2.34. The minimum Gasteiger partial charge on any atom is -0.489 e. The van der Waals surface area contributed by atoms with Gasteiger partial charge in [0.15, 0.2) is 5.75 Å². The molecule has 2 aromatic rings. The van der Waals surface area contributed by atoms with Crippen molar-refractivity contribution >= 4 is 16.6 Å². The number of hydrogen-bond acceptors (Lipinski definition) is 4. The third kappa shape index (κ3) is 8.88. The molecule has 2 N–H and O–H groups in total. The summed E-state index contributed by atoms with van der Waals surface area (Å²) < 4.78 is 14.2. The van der Waals surface area contributed by atoms with Crippen molar-refractivity contribution in [3.8, 4) is 11.5 Å². The van der Waals surface area contributed by atoms with Crippen molar-refractivity contribution in [3.63, 3.8) is 0 Å². The number of benzene rings is 1. The number of pyridine rings is 1. The fraction of sp³-hybridized carbons (Fsp3) is 0.690. The molecular weight excluding hydrogens is 424 g/mol. The molecule has 0 atom stereocenters. The average molecular weight is 473 g/mol. The summed E-state index contributed by atoms with van der Waals surface area (Å²) in [6, 6.07) is 5.75. The number of rotatable bonds is 19. The first-order valence-corrected chi connectivity index (χ1v) is 13.9. The first kappa shape index (κ1) is 28.1. The summed E-state index contributed by atoms with van der Waals surface area (Å²) in [5.41, 5.74) is 7.53. The average Bonchev–Trinajstić information content (AvgIpc) is 2.83. The topological polar surface area (TPSA) is 66.5 Å². The third-order valence-corrected chi connectivity index (χ3v) is 6.43. The number of aryl methyl sites for hydroxylation is 1. The quantitative estimate of drug-likeness (QED) is 0.167. The van der Waals surface area contributed by atoms with Crippen LogP contribution >= 0.6 is 0 Å². The van der Waals surface area contributed by atoms with Gasteiger partial charge in [0.25, 0.3) is 5.56 Å². The number of ether oxygens (including phenoxy) is 2. The van der Waals surface area contributed by atoms with Gasteiger partial charge in [0.2, 0.25) is 5.75 Å². The van der Waals surface area contributed by atoms with E-state index in [2.05, 4.69) is 20.8 Å². The van der Waals surface area contributed by atoms with Crippen molar-refractivity contribution in [2.24, 2.45) is 0 Å². The molecule has 1 aromatic heterocycles. The van der Waals surface area contributed by atoms with Gasteiger partial charge in [-0.05, 0) is 37.5 Å². The summed E-state index contributed by atoms with van der Waals surface area (Å²) in [5.74, 6) is 0.951. The predicted molar refractivity (Wildman–Crippen MR) is 145 cm³/mol. The van der Waals surface area contributed by atoms with Crippen molar-refractivity contribution in [2.45, 2.75) is 117 Å². The zero-order chi connectivity index (χ0) is 24.6. The molecule has 0 saturated heterocycles. The zero-order valence-corrected chi connectivity index (χ0v) is 22.0. The Hall–Kier alpha value is -2.17. The molecule has 192 valence electrons. The minimum absolute atomic E-state index is 0.0934. The Labute approximate surface area is 207 Å². The molecule has 0 radical (unpaired) electrons. The van der Waals surface area contributed by atoms with Gasteiger partial charge in [0.1, 0.15) is 0 Å². The van der Waals surface area contributed by atoms with Gasteiger partial charge in [-0.3, -0.25) is 4.79 Å². The number of hydrogen-bond donors (Lipinski definition) is 1. The second-order valence-corrected chi connectivity index (χ2v) is 9.48. The van der Waals surface area contributed by atoms with Crippen molar-refractivity contribution < 1.29 is 9.47 Å². The van der Waals surface area contributed by atoms with Crippen LogP contribution in [0.15, 0.2) is 23.0 Å². The van der Waals surface area contributed by atoms with E-state index in [1.807, 2.05) is 22.8 Å². The molecule has 5 heteroatoms. The van der Waals surface area contributed by atoms with Gasteiger partial charge in [-0.25, -0.2) is 0 Å². The molecule has 1 heterocycles. The lowest BCUT2D eigenvalue weighted by atomic mass is 10.1. The molecule has 1 aromatic carbocycles. The molecule has 0 aliphatic rings. The number of aromatic nitrogens is 1. The van der Waals surface area contributed by atoms with E-state index in [0.717, 1.165) is 49.4 Å². The fourth-order valence-corrected chi connectivity index (χ4v) is 4.33. The Morgan fingerprint density at radius 1 is 0.706 bits per heavy atom. The van der Waals surface area contributed by atoms with Crippen molar-refractivity contribution in [1.82, 2.24) is 4.57 Å². The van der Waals surface area contributed by atoms with E-state index in [0.29, 0.717) is 36.9 Å². The van der Waals surface area contributed by atoms with Crippen molar-refractivity contribution in [2.75, 3.05) is 18.9 Å². The molecular formula is C29H48N2O3. The first-order chi connectivity index (χ1) is 16.6. The van der Waals surface area contributed by atoms with Crippen LogP contribution in [0.1, 0.15) is 111 Å². The van der Waals surface area contributed by atoms with Gasteiger partial charge in [0, 0.05) is 17.6 Å². The van der Waals surface area contributed by atoms with Crippen LogP contribution in [0.3, 0.4) is 0 Å². The Morgan fingerprint density at radius 2 is 1.26 bits per heavy atom. The smallest absolute Gasteiger partial charge is 0.297 e. The van der Waals surface area contributed by atoms with Crippen LogP contribution < -0.4 is 20.8 Å². The van der Waals surface area contributed by atoms with E-state index < -0.39 is 0 Å². The van der Waals surface area contributed by atoms with Gasteiger partial charge in [-0.1, -0.05) is 91.4 Å². The van der Waals surface area contributed by atoms with Crippen LogP contribution in [0.25, 0.3) is 10.9 Å². The summed E-state index contributed by atoms with van der Waals surface area (Å²) in [5, 5.41) is 0.911. The van der Waals surface area contributed by atoms with Crippen LogP contribution in [-0.4, -0.2) is 17.8 Å². The van der Waals surface area contributed by atoms with Gasteiger partial charge in [0.05, 0.1) is 18.7 Å². The number of unbranched alkanes of at least 4 members (excludes halogenated alkanes) is 11. The highest BCUT2D eigenvalue weighted by Gasteiger charge is 2.20. The SMILES string of the molecule is CCCCCCCCOc1c(OCCCC)c2ccc(N)cc2n(CCCCCCCC)c1=O. The molecule has 0 unspecified atom stereocenters. The number of nitrogens with zero attached hydrogens (tertiary/aromatic N) is 1. The maximum atomic E-state index is 13.6. The Bertz CT molecular complexity index is 891. The largest absolute Gasteiger partial charge is 0.489 e. The molecule has 2 rings (SSSR count). The molecule has 0 aliphatic carbocycles. The lowest BCUT2D eigenvalue weighted by molar-refractivity contribution is 0.257. The summed E-state index contributed by atoms with van der Waals surface area (Å²) in [6.45, 7) is 8.39. The Morgan fingerprint density at radius 3 is 1.94 bits per heavy atom. The second kappa shape index (κ2) is 16.5. The van der Waals surface area contributed by atoms with E-state index in [-0.39, 0.29) is 5.56 Å². The van der Waals surface area contributed by atoms with E-state index in [9.17, 15) is 4.79 Å². The monoisotopic (exact) mass is 472 g/mol. The van der Waals surface area contributed by atoms with Crippen LogP contribution in [0.5, 0.6) is 11.5 Å². The maximum Gasteiger partial charge on any atom is 0.297 e. The molecule has 0 saturated carbocycles. The second-order valence-electron chi connectivity index (χ2n) is 9.48. The summed E-state index contributed by atoms with van der Waals surface area (Å²) in [7, 11) is 0. The number of anilines is 1. The number of nitrogen functional groups attached to an aromatic ring is 1. The van der Waals surface area contributed by atoms with Gasteiger partial charge in [-0.2, -0.15) is 0 Å². The van der Waals surface area contributed by atoms with E-state index in [1.54, 1.807) is 0 Å². The van der Waals surface area contributed by atoms with Crippen LogP contribution in [0, 0.1) is 0 Å². The molecule has 0 fully saturated rings. The highest BCUT2D eigenvalue weighted by atomic mass is 16.5. The predicted octanol–water partition coefficient (Wildman–Crippen LogP) is 7.86. The normalized spacial score (nSPS) is 11.3. The summed E-state index contributed by atoms with van der Waals surface area (Å²) in [4.78, 5) is 13.6. The lowest BCUT2D eigenvalue weighted by Gasteiger charge is -2.19. The number of nitrogens with two attached hydrogens (primary N) is 1. The summed E-state index contributed by atoms with van der Waals surface area (Å²) in [6.07, 6.45) is 16.2. The van der Waals surface area contributed by atoms with Crippen LogP contribution in [0.2, 0.25) is 0 Å². The third-order valence-electron chi connectivity index (χ3n) is 6.43. The maximum absolute atomic E-state index is 13.6. The standard InChI is InChI=1S/C29H48N2O3/c1-4-7-10-12-14-16-20-31-26-23-24(30)18-19-25(26)27(33-21-9-6-3)28(29(31)32)34-22-17-15-13-11-8-5-2/h18-19,23H,4-17,20-22,30H2,1-3H3. The van der Waals surface area contributed by atoms with E-state index in [1.165, 1.54) is 51.4 Å². The lowest BCUT2D eigenvalue weighted by Crippen LogP contribution is -2.24. The Balaban J connectivity index is 2.26. The molecule has 5 nitrogen and oxygen atoms in total. The van der Waals surface area contributed by atoms with Crippen molar-refractivity contribution in [3.05, 3.63) is 28.6 Å². The molecule has 0 amide bonds. The van der Waals surface area contributed by atoms with Crippen LogP contribution in [-0.2, 0) is 6.54 Å². The van der Waals surface area contributed by atoms with E-state index in [4.69, 9.17) is 15.2 Å². The fourth-order valence-electron chi connectivity index (χ4n) is 4.33. The first-order valence-electron chi connectivity index (χ1n) is 13.9. The molecule has 34 heavy (non-hydrogen) atoms. The van der Waals surface area contributed by atoms with Gasteiger partial charge in [-0.15, -0.1) is 0 Å². The summed E-state index contributed by atoms with van der Waals surface area (Å²) >= 11 is 0. The minimum atomic E-state index is -0.0934. The molecule has 0 bridgehead atoms. The van der Waals surface area contributed by atoms with Crippen LogP contribution in [0.4, 0.5) is 5.69 Å². The Kier molecular flexibility index (Phi) is 13.6. The highest BCUT2D eigenvalue weighted by molar-refractivity contribution is 5.90. The zero-order valence-electron chi connectivity index (χ0n) is 22.0.